The summed E-state index contributed by atoms with van der Waals surface area (Å²) in [5.41, 5.74) is 1.43. The van der Waals surface area contributed by atoms with Gasteiger partial charge in [0.15, 0.2) is 0 Å². The van der Waals surface area contributed by atoms with Gasteiger partial charge < -0.3 is 10.1 Å². The van der Waals surface area contributed by atoms with Crippen molar-refractivity contribution in [3.05, 3.63) is 47.0 Å². The number of anilines is 2. The average molecular weight is 337 g/mol. The highest BCUT2D eigenvalue weighted by atomic mass is 16.5. The normalized spacial score (nSPS) is 14.8. The summed E-state index contributed by atoms with van der Waals surface area (Å²) in [5.74, 6) is 0.983. The zero-order valence-electron chi connectivity index (χ0n) is 14.0. The summed E-state index contributed by atoms with van der Waals surface area (Å²) >= 11 is 0. The topological polar surface area (TPSA) is 81.9 Å². The van der Waals surface area contributed by atoms with E-state index < -0.39 is 0 Å². The lowest BCUT2D eigenvalue weighted by molar-refractivity contribution is 0.398. The molecular formula is C18H19N5O2. The maximum Gasteiger partial charge on any atom is 0.252 e. The van der Waals surface area contributed by atoms with Gasteiger partial charge >= 0.3 is 0 Å². The quantitative estimate of drug-likeness (QED) is 0.788. The fraction of sp³-hybridized carbons (Fsp3) is 0.333. The lowest BCUT2D eigenvalue weighted by Gasteiger charge is -2.16. The maximum atomic E-state index is 12.4. The predicted molar refractivity (Wildman–Crippen MR) is 95.4 cm³/mol. The number of hydrogen-bond acceptors (Lipinski definition) is 6. The van der Waals surface area contributed by atoms with Gasteiger partial charge in [-0.25, -0.2) is 9.97 Å². The van der Waals surface area contributed by atoms with Gasteiger partial charge in [-0.05, 0) is 25.0 Å². The first-order valence-electron chi connectivity index (χ1n) is 8.40. The van der Waals surface area contributed by atoms with Crippen molar-refractivity contribution >= 4 is 22.7 Å². The van der Waals surface area contributed by atoms with Crippen LogP contribution in [0, 0.1) is 0 Å². The Kier molecular flexibility index (Phi) is 4.05. The van der Waals surface area contributed by atoms with Gasteiger partial charge in [-0.15, -0.1) is 0 Å². The SMILES string of the molecule is COc1ccc(Nc2ncc3ccc(=O)n(C4CCCC4)c3n2)cn1. The van der Waals surface area contributed by atoms with Crippen molar-refractivity contribution in [2.45, 2.75) is 31.7 Å². The molecule has 3 heterocycles. The van der Waals surface area contributed by atoms with Crippen molar-refractivity contribution in [3.8, 4) is 5.88 Å². The number of fused-ring (bicyclic) bond motifs is 1. The molecule has 3 aromatic heterocycles. The van der Waals surface area contributed by atoms with Crippen LogP contribution in [0.3, 0.4) is 0 Å². The molecule has 128 valence electrons. The van der Waals surface area contributed by atoms with Gasteiger partial charge in [-0.2, -0.15) is 4.98 Å². The Morgan fingerprint density at radius 3 is 2.68 bits per heavy atom. The van der Waals surface area contributed by atoms with E-state index in [0.29, 0.717) is 17.5 Å². The molecule has 25 heavy (non-hydrogen) atoms. The molecule has 4 rings (SSSR count). The van der Waals surface area contributed by atoms with E-state index >= 15 is 0 Å². The standard InChI is InChI=1S/C18H19N5O2/c1-25-15-8-7-13(11-19-15)21-18-20-10-12-6-9-16(24)23(17(12)22-18)14-4-2-3-5-14/h6-11,14H,2-5H2,1H3,(H,20,21,22). The molecule has 1 fully saturated rings. The van der Waals surface area contributed by atoms with E-state index in [4.69, 9.17) is 4.74 Å². The first-order valence-corrected chi connectivity index (χ1v) is 8.40. The van der Waals surface area contributed by atoms with Crippen LogP contribution in [0.2, 0.25) is 0 Å². The number of ether oxygens (including phenoxy) is 1. The van der Waals surface area contributed by atoms with Gasteiger partial charge in [-0.3, -0.25) is 9.36 Å². The van der Waals surface area contributed by atoms with Crippen LogP contribution in [-0.4, -0.2) is 26.6 Å². The monoisotopic (exact) mass is 337 g/mol. The summed E-state index contributed by atoms with van der Waals surface area (Å²) < 4.78 is 6.88. The number of nitrogens with zero attached hydrogens (tertiary/aromatic N) is 4. The smallest absolute Gasteiger partial charge is 0.252 e. The lowest BCUT2D eigenvalue weighted by atomic mass is 10.2. The largest absolute Gasteiger partial charge is 0.481 e. The molecule has 0 amide bonds. The number of hydrogen-bond donors (Lipinski definition) is 1. The molecule has 0 aliphatic heterocycles. The van der Waals surface area contributed by atoms with Crippen molar-refractivity contribution in [2.75, 3.05) is 12.4 Å². The van der Waals surface area contributed by atoms with E-state index in [-0.39, 0.29) is 11.6 Å². The summed E-state index contributed by atoms with van der Waals surface area (Å²) in [7, 11) is 1.57. The Labute approximate surface area is 144 Å². The van der Waals surface area contributed by atoms with E-state index in [9.17, 15) is 4.79 Å². The molecule has 0 saturated heterocycles. The average Bonchev–Trinajstić information content (AvgIpc) is 3.16. The number of nitrogens with one attached hydrogen (secondary N) is 1. The predicted octanol–water partition coefficient (Wildman–Crippen LogP) is 3.05. The highest BCUT2D eigenvalue weighted by Gasteiger charge is 2.20. The molecule has 1 aliphatic rings. The molecule has 0 atom stereocenters. The van der Waals surface area contributed by atoms with Crippen molar-refractivity contribution in [1.29, 1.82) is 0 Å². The van der Waals surface area contributed by atoms with Gasteiger partial charge in [0.25, 0.3) is 5.56 Å². The summed E-state index contributed by atoms with van der Waals surface area (Å²) in [6.07, 6.45) is 7.75. The van der Waals surface area contributed by atoms with Crippen LogP contribution in [0.15, 0.2) is 41.5 Å². The van der Waals surface area contributed by atoms with Crippen LogP contribution < -0.4 is 15.6 Å². The molecular weight excluding hydrogens is 318 g/mol. The first-order chi connectivity index (χ1) is 12.2. The number of rotatable bonds is 4. The molecule has 0 unspecified atom stereocenters. The van der Waals surface area contributed by atoms with Gasteiger partial charge in [0.2, 0.25) is 11.8 Å². The van der Waals surface area contributed by atoms with Crippen LogP contribution in [0.5, 0.6) is 5.88 Å². The van der Waals surface area contributed by atoms with Crippen molar-refractivity contribution in [3.63, 3.8) is 0 Å². The molecule has 0 bridgehead atoms. The van der Waals surface area contributed by atoms with Crippen LogP contribution in [0.1, 0.15) is 31.7 Å². The maximum absolute atomic E-state index is 12.4. The third-order valence-corrected chi connectivity index (χ3v) is 4.56. The minimum absolute atomic E-state index is 0.00448. The number of aromatic nitrogens is 4. The van der Waals surface area contributed by atoms with E-state index in [0.717, 1.165) is 36.8 Å². The van der Waals surface area contributed by atoms with Gasteiger partial charge in [0.05, 0.1) is 19.0 Å². The van der Waals surface area contributed by atoms with E-state index in [1.807, 2.05) is 10.6 Å². The zero-order chi connectivity index (χ0) is 17.2. The van der Waals surface area contributed by atoms with Crippen molar-refractivity contribution in [2.24, 2.45) is 0 Å². The van der Waals surface area contributed by atoms with Gasteiger partial charge in [0.1, 0.15) is 5.65 Å². The highest BCUT2D eigenvalue weighted by molar-refractivity contribution is 5.75. The van der Waals surface area contributed by atoms with E-state index in [1.54, 1.807) is 37.7 Å². The fourth-order valence-electron chi connectivity index (χ4n) is 3.32. The third-order valence-electron chi connectivity index (χ3n) is 4.56. The summed E-state index contributed by atoms with van der Waals surface area (Å²) in [6, 6.07) is 7.21. The Hall–Kier alpha value is -2.96. The number of methoxy groups -OCH3 is 1. The van der Waals surface area contributed by atoms with Crippen LogP contribution >= 0.6 is 0 Å². The summed E-state index contributed by atoms with van der Waals surface area (Å²) in [5, 5.41) is 3.99. The summed E-state index contributed by atoms with van der Waals surface area (Å²) in [4.78, 5) is 25.5. The molecule has 7 heteroatoms. The van der Waals surface area contributed by atoms with Crippen LogP contribution in [0.4, 0.5) is 11.6 Å². The van der Waals surface area contributed by atoms with Crippen LogP contribution in [0.25, 0.3) is 11.0 Å². The van der Waals surface area contributed by atoms with Crippen LogP contribution in [-0.2, 0) is 0 Å². The molecule has 0 spiro atoms. The molecule has 1 saturated carbocycles. The molecule has 0 aromatic carbocycles. The first kappa shape index (κ1) is 15.6. The highest BCUT2D eigenvalue weighted by Crippen LogP contribution is 2.30. The summed E-state index contributed by atoms with van der Waals surface area (Å²) in [6.45, 7) is 0. The minimum atomic E-state index is -0.00448. The van der Waals surface area contributed by atoms with E-state index in [2.05, 4.69) is 20.3 Å². The second-order valence-corrected chi connectivity index (χ2v) is 6.17. The van der Waals surface area contributed by atoms with Gasteiger partial charge in [0, 0.05) is 29.8 Å². The number of pyridine rings is 2. The second-order valence-electron chi connectivity index (χ2n) is 6.17. The fourth-order valence-corrected chi connectivity index (χ4v) is 3.32. The molecule has 0 radical (unpaired) electrons. The van der Waals surface area contributed by atoms with E-state index in [1.165, 1.54) is 0 Å². The van der Waals surface area contributed by atoms with Crippen molar-refractivity contribution in [1.82, 2.24) is 19.5 Å². The minimum Gasteiger partial charge on any atom is -0.481 e. The Morgan fingerprint density at radius 1 is 1.12 bits per heavy atom. The van der Waals surface area contributed by atoms with Crippen molar-refractivity contribution < 1.29 is 4.74 Å². The third kappa shape index (κ3) is 3.05. The van der Waals surface area contributed by atoms with Gasteiger partial charge in [-0.1, -0.05) is 12.8 Å². The second kappa shape index (κ2) is 6.51. The molecule has 7 nitrogen and oxygen atoms in total. The Balaban J connectivity index is 1.72. The Morgan fingerprint density at radius 2 is 1.96 bits per heavy atom. The Bertz CT molecular complexity index is 946. The molecule has 3 aromatic rings. The molecule has 1 aliphatic carbocycles. The zero-order valence-corrected chi connectivity index (χ0v) is 14.0. The lowest BCUT2D eigenvalue weighted by Crippen LogP contribution is -2.23. The molecule has 1 N–H and O–H groups in total.